The average Bonchev–Trinajstić information content (AvgIpc) is 2.72. The van der Waals surface area contributed by atoms with Crippen LogP contribution in [0.15, 0.2) is 33.9 Å². The summed E-state index contributed by atoms with van der Waals surface area (Å²) in [6.07, 6.45) is 0.853. The highest BCUT2D eigenvalue weighted by Crippen LogP contribution is 2.11. The van der Waals surface area contributed by atoms with Gasteiger partial charge in [-0.3, -0.25) is 19.3 Å². The third-order valence-corrected chi connectivity index (χ3v) is 4.52. The molecule has 0 unspecified atom stereocenters. The third kappa shape index (κ3) is 6.17. The largest absolute Gasteiger partial charge is 0.494 e. The fourth-order valence-corrected chi connectivity index (χ4v) is 2.85. The molecule has 2 rings (SSSR count). The molecule has 0 saturated heterocycles. The molecule has 1 amide bonds. The van der Waals surface area contributed by atoms with Crippen molar-refractivity contribution >= 4 is 11.9 Å². The number of ether oxygens (including phenoxy) is 1. The van der Waals surface area contributed by atoms with Crippen LogP contribution in [-0.4, -0.2) is 32.7 Å². The number of aromatic nitrogens is 2. The van der Waals surface area contributed by atoms with Crippen LogP contribution in [0.2, 0.25) is 0 Å². The van der Waals surface area contributed by atoms with Gasteiger partial charge in [0, 0.05) is 19.6 Å². The number of hydrogen-bond acceptors (Lipinski definition) is 6. The molecule has 1 aromatic carbocycles. The highest BCUT2D eigenvalue weighted by atomic mass is 19.1. The van der Waals surface area contributed by atoms with E-state index in [-0.39, 0.29) is 38.5 Å². The second-order valence-corrected chi connectivity index (χ2v) is 6.84. The number of nitrogens with two attached hydrogens (primary N) is 1. The normalized spacial score (nSPS) is 10.6. The molecule has 2 aromatic rings. The number of halogens is 1. The first-order valence-corrected chi connectivity index (χ1v) is 9.82. The number of rotatable bonds is 10. The van der Waals surface area contributed by atoms with Crippen LogP contribution >= 0.6 is 0 Å². The SMILES string of the molecule is CCCCn1c(=O)c(C(=N)N)c(O)n(CCCNC(=O)OCc2ccc(F)cc2)c1=O. The topological polar surface area (TPSA) is 152 Å². The molecule has 0 fully saturated rings. The molecule has 5 N–H and O–H groups in total. The quantitative estimate of drug-likeness (QED) is 0.250. The number of alkyl carbamates (subject to hydrolysis) is 1. The summed E-state index contributed by atoms with van der Waals surface area (Å²) >= 11 is 0. The summed E-state index contributed by atoms with van der Waals surface area (Å²) in [7, 11) is 0. The Morgan fingerprint density at radius 3 is 2.45 bits per heavy atom. The van der Waals surface area contributed by atoms with E-state index < -0.39 is 34.6 Å². The number of benzene rings is 1. The lowest BCUT2D eigenvalue weighted by Gasteiger charge is -2.15. The van der Waals surface area contributed by atoms with Crippen LogP contribution in [0.5, 0.6) is 5.88 Å². The van der Waals surface area contributed by atoms with Gasteiger partial charge < -0.3 is 20.9 Å². The molecule has 10 nitrogen and oxygen atoms in total. The number of carbonyl (C=O) groups is 1. The first kappa shape index (κ1) is 23.6. The lowest BCUT2D eigenvalue weighted by atomic mass is 10.2. The lowest BCUT2D eigenvalue weighted by molar-refractivity contribution is 0.139. The van der Waals surface area contributed by atoms with Gasteiger partial charge in [-0.05, 0) is 30.5 Å². The van der Waals surface area contributed by atoms with E-state index in [4.69, 9.17) is 15.9 Å². The number of unbranched alkanes of at least 4 members (excludes halogenated alkanes) is 1. The van der Waals surface area contributed by atoms with Crippen molar-refractivity contribution in [1.29, 1.82) is 5.41 Å². The van der Waals surface area contributed by atoms with Gasteiger partial charge in [-0.25, -0.2) is 14.0 Å². The van der Waals surface area contributed by atoms with Crippen molar-refractivity contribution in [2.45, 2.75) is 45.9 Å². The summed E-state index contributed by atoms with van der Waals surface area (Å²) in [6.45, 7) is 2.11. The standard InChI is InChI=1S/C20H26FN5O5/c1-2-3-10-25-17(27)15(16(22)23)18(28)26(20(25)30)11-4-9-24-19(29)31-12-13-5-7-14(21)8-6-13/h5-8,28H,2-4,9-12H2,1H3,(H3,22,23)(H,24,29). The predicted molar refractivity (Wildman–Crippen MR) is 112 cm³/mol. The molecule has 0 spiro atoms. The molecular formula is C20H26FN5O5. The molecule has 168 valence electrons. The maximum Gasteiger partial charge on any atom is 0.407 e. The second kappa shape index (κ2) is 11.0. The summed E-state index contributed by atoms with van der Waals surface area (Å²) in [5, 5.41) is 20.4. The Morgan fingerprint density at radius 2 is 1.84 bits per heavy atom. The number of amidine groups is 1. The predicted octanol–water partition coefficient (Wildman–Crippen LogP) is 1.26. The fourth-order valence-electron chi connectivity index (χ4n) is 2.85. The van der Waals surface area contributed by atoms with Crippen molar-refractivity contribution < 1.29 is 19.0 Å². The van der Waals surface area contributed by atoms with E-state index in [0.29, 0.717) is 12.0 Å². The summed E-state index contributed by atoms with van der Waals surface area (Å²) in [6, 6.07) is 5.52. The van der Waals surface area contributed by atoms with Crippen LogP contribution in [0.4, 0.5) is 9.18 Å². The van der Waals surface area contributed by atoms with Gasteiger partial charge in [0.2, 0.25) is 5.88 Å². The maximum absolute atomic E-state index is 12.9. The summed E-state index contributed by atoms with van der Waals surface area (Å²) in [4.78, 5) is 36.8. The van der Waals surface area contributed by atoms with Crippen molar-refractivity contribution in [3.63, 3.8) is 0 Å². The number of amides is 1. The zero-order valence-corrected chi connectivity index (χ0v) is 17.2. The lowest BCUT2D eigenvalue weighted by Crippen LogP contribution is -2.44. The average molecular weight is 435 g/mol. The van der Waals surface area contributed by atoms with Gasteiger partial charge in [0.15, 0.2) is 0 Å². The molecule has 31 heavy (non-hydrogen) atoms. The van der Waals surface area contributed by atoms with E-state index >= 15 is 0 Å². The molecule has 0 radical (unpaired) electrons. The number of hydrogen-bond donors (Lipinski definition) is 4. The zero-order chi connectivity index (χ0) is 23.0. The minimum atomic E-state index is -0.804. The number of nitrogens with one attached hydrogen (secondary N) is 2. The minimum Gasteiger partial charge on any atom is -0.494 e. The highest BCUT2D eigenvalue weighted by molar-refractivity contribution is 5.96. The molecule has 0 bridgehead atoms. The first-order chi connectivity index (χ1) is 14.8. The zero-order valence-electron chi connectivity index (χ0n) is 17.2. The van der Waals surface area contributed by atoms with Gasteiger partial charge in [0.05, 0.1) is 0 Å². The Balaban J connectivity index is 1.99. The van der Waals surface area contributed by atoms with Gasteiger partial charge in [-0.1, -0.05) is 25.5 Å². The van der Waals surface area contributed by atoms with Gasteiger partial charge in [-0.2, -0.15) is 0 Å². The van der Waals surface area contributed by atoms with Gasteiger partial charge >= 0.3 is 11.8 Å². The van der Waals surface area contributed by atoms with E-state index in [1.54, 1.807) is 0 Å². The van der Waals surface area contributed by atoms with Gasteiger partial charge in [0.1, 0.15) is 23.8 Å². The fraction of sp³-hybridized carbons (Fsp3) is 0.400. The Kier molecular flexibility index (Phi) is 8.35. The smallest absolute Gasteiger partial charge is 0.407 e. The monoisotopic (exact) mass is 435 g/mol. The van der Waals surface area contributed by atoms with Crippen molar-refractivity contribution in [2.75, 3.05) is 6.54 Å². The Morgan fingerprint density at radius 1 is 1.19 bits per heavy atom. The first-order valence-electron chi connectivity index (χ1n) is 9.82. The van der Waals surface area contributed by atoms with Crippen LogP contribution in [0.25, 0.3) is 0 Å². The minimum absolute atomic E-state index is 0.0183. The van der Waals surface area contributed by atoms with E-state index in [1.807, 2.05) is 6.92 Å². The molecule has 1 heterocycles. The van der Waals surface area contributed by atoms with Crippen LogP contribution in [0.3, 0.4) is 0 Å². The molecule has 11 heteroatoms. The van der Waals surface area contributed by atoms with Crippen molar-refractivity contribution in [2.24, 2.45) is 5.73 Å². The molecular weight excluding hydrogens is 409 g/mol. The van der Waals surface area contributed by atoms with Crippen LogP contribution < -0.4 is 22.3 Å². The molecule has 0 saturated carbocycles. The molecule has 1 aromatic heterocycles. The van der Waals surface area contributed by atoms with E-state index in [2.05, 4.69) is 5.32 Å². The van der Waals surface area contributed by atoms with E-state index in [1.165, 1.54) is 24.3 Å². The van der Waals surface area contributed by atoms with Crippen LogP contribution in [0.1, 0.15) is 37.3 Å². The maximum atomic E-state index is 12.9. The van der Waals surface area contributed by atoms with Gasteiger partial charge in [-0.15, -0.1) is 0 Å². The van der Waals surface area contributed by atoms with Crippen molar-refractivity contribution in [3.8, 4) is 5.88 Å². The highest BCUT2D eigenvalue weighted by Gasteiger charge is 2.20. The van der Waals surface area contributed by atoms with Crippen LogP contribution in [0, 0.1) is 11.2 Å². The Labute approximate surface area is 177 Å². The third-order valence-electron chi connectivity index (χ3n) is 4.52. The van der Waals surface area contributed by atoms with Crippen LogP contribution in [-0.2, 0) is 24.4 Å². The van der Waals surface area contributed by atoms with Crippen molar-refractivity contribution in [3.05, 3.63) is 62.0 Å². The van der Waals surface area contributed by atoms with Crippen molar-refractivity contribution in [1.82, 2.24) is 14.5 Å². The molecule has 0 aliphatic rings. The van der Waals surface area contributed by atoms with E-state index in [9.17, 15) is 23.9 Å². The molecule has 0 aliphatic heterocycles. The summed E-state index contributed by atoms with van der Waals surface area (Å²) in [5.41, 5.74) is 4.10. The molecule has 0 aliphatic carbocycles. The Hall–Kier alpha value is -3.63. The Bertz CT molecular complexity index is 1050. The number of nitrogen functional groups attached to an aromatic ring is 1. The second-order valence-electron chi connectivity index (χ2n) is 6.84. The summed E-state index contributed by atoms with van der Waals surface area (Å²) < 4.78 is 19.8. The molecule has 0 atom stereocenters. The number of aromatic hydroxyl groups is 1. The number of carbonyl (C=O) groups excluding carboxylic acids is 1. The van der Waals surface area contributed by atoms with E-state index in [0.717, 1.165) is 15.6 Å². The number of nitrogens with zero attached hydrogens (tertiary/aromatic N) is 2. The van der Waals surface area contributed by atoms with Gasteiger partial charge in [0.25, 0.3) is 5.56 Å². The summed E-state index contributed by atoms with van der Waals surface area (Å²) in [5.74, 6) is -1.70.